The van der Waals surface area contributed by atoms with Gasteiger partial charge in [-0.15, -0.1) is 40.1 Å². The maximum atomic E-state index is 12.3. The number of aryl methyl sites for hydroxylation is 1. The van der Waals surface area contributed by atoms with Crippen LogP contribution in [0.25, 0.3) is 43.5 Å². The van der Waals surface area contributed by atoms with Crippen LogP contribution in [0.2, 0.25) is 32.7 Å². The second-order valence-electron chi connectivity index (χ2n) is 18.1. The van der Waals surface area contributed by atoms with Crippen LogP contribution in [0.5, 0.6) is 0 Å². The van der Waals surface area contributed by atoms with E-state index in [1.54, 1.807) is 6.33 Å². The van der Waals surface area contributed by atoms with Gasteiger partial charge in [0.25, 0.3) is 0 Å². The fraction of sp³-hybridized carbons (Fsp3) is 0.426. The summed E-state index contributed by atoms with van der Waals surface area (Å²) in [6.07, 6.45) is 5.64. The van der Waals surface area contributed by atoms with Crippen LogP contribution < -0.4 is 10.4 Å². The normalized spacial score (nSPS) is 14.3. The number of aliphatic hydroxyl groups is 1. The van der Waals surface area contributed by atoms with E-state index in [1.807, 2.05) is 11.3 Å². The Morgan fingerprint density at radius 2 is 1.44 bits per heavy atom. The van der Waals surface area contributed by atoms with Crippen molar-refractivity contribution in [1.29, 1.82) is 0 Å². The van der Waals surface area contributed by atoms with Gasteiger partial charge in [-0.05, 0) is 52.1 Å². The van der Waals surface area contributed by atoms with Crippen LogP contribution in [0.3, 0.4) is 0 Å². The van der Waals surface area contributed by atoms with Gasteiger partial charge >= 0.3 is 0 Å². The molecular formula is C47H61IrN2O2SSi2-. The first-order valence-corrected chi connectivity index (χ1v) is 27.0. The molecule has 0 spiro atoms. The van der Waals surface area contributed by atoms with Gasteiger partial charge in [-0.25, -0.2) is 4.98 Å². The summed E-state index contributed by atoms with van der Waals surface area (Å²) >= 11 is 1.87. The number of carbonyl (C=O) groups is 1. The van der Waals surface area contributed by atoms with Crippen molar-refractivity contribution in [2.24, 2.45) is 35.5 Å². The molecule has 55 heavy (non-hydrogen) atoms. The predicted molar refractivity (Wildman–Crippen MR) is 240 cm³/mol. The van der Waals surface area contributed by atoms with Crippen molar-refractivity contribution in [3.05, 3.63) is 94.8 Å². The number of nitrogens with zero attached hydrogens (tertiary/aromatic N) is 2. The molecule has 0 aliphatic carbocycles. The smallest absolute Gasteiger partial charge is 0.162 e. The first kappa shape index (κ1) is 44.7. The number of thiophene rings is 1. The molecule has 295 valence electrons. The Bertz CT molecular complexity index is 2210. The molecule has 2 aromatic heterocycles. The fourth-order valence-corrected chi connectivity index (χ4v) is 15.3. The van der Waals surface area contributed by atoms with Gasteiger partial charge in [-0.3, -0.25) is 9.78 Å². The summed E-state index contributed by atoms with van der Waals surface area (Å²) in [6.45, 7) is 31.0. The van der Waals surface area contributed by atoms with E-state index in [0.29, 0.717) is 23.7 Å². The zero-order valence-corrected chi connectivity index (χ0v) is 40.6. The second kappa shape index (κ2) is 17.6. The molecule has 3 aromatic carbocycles. The maximum Gasteiger partial charge on any atom is 0.162 e. The number of rotatable bonds is 10. The summed E-state index contributed by atoms with van der Waals surface area (Å²) in [5.41, 5.74) is 5.83. The SMILES string of the molecule is CC(C)C(C(=O)/C=C(\O)C(C(C)C)C(C)C)C(C)C.Cc1c(C2=Cc3ccccc3[Si]2(C)C)sc2c(-c3[c-]c4ccccc4c([Si](C)(C)C)c3)ncnc12.[Ir]. The monoisotopic (exact) mass is 966 g/mol. The van der Waals surface area contributed by atoms with Crippen molar-refractivity contribution in [2.75, 3.05) is 0 Å². The molecular weight excluding hydrogens is 905 g/mol. The van der Waals surface area contributed by atoms with E-state index in [4.69, 9.17) is 9.97 Å². The van der Waals surface area contributed by atoms with Crippen molar-refractivity contribution in [1.82, 2.24) is 9.97 Å². The average Bonchev–Trinajstić information content (AvgIpc) is 3.55. The van der Waals surface area contributed by atoms with E-state index in [2.05, 4.69) is 162 Å². The van der Waals surface area contributed by atoms with Gasteiger partial charge in [0.1, 0.15) is 14.4 Å². The average molecular weight is 966 g/mol. The number of fused-ring (bicyclic) bond motifs is 3. The minimum atomic E-state index is -1.77. The zero-order valence-electron chi connectivity index (χ0n) is 35.4. The van der Waals surface area contributed by atoms with Crippen LogP contribution in [-0.2, 0) is 24.9 Å². The van der Waals surface area contributed by atoms with Gasteiger partial charge in [-0.2, -0.15) is 0 Å². The molecule has 0 saturated carbocycles. The second-order valence-corrected chi connectivity index (χ2v) is 28.5. The van der Waals surface area contributed by atoms with E-state index >= 15 is 0 Å². The molecule has 0 unspecified atom stereocenters. The van der Waals surface area contributed by atoms with Crippen LogP contribution in [0.15, 0.2) is 72.8 Å². The van der Waals surface area contributed by atoms with Gasteiger partial charge in [0.05, 0.1) is 19.3 Å². The van der Waals surface area contributed by atoms with Gasteiger partial charge < -0.3 is 5.11 Å². The van der Waals surface area contributed by atoms with E-state index in [1.165, 1.54) is 53.1 Å². The molecule has 4 nitrogen and oxygen atoms in total. The maximum absolute atomic E-state index is 12.3. The molecule has 6 rings (SSSR count). The summed E-state index contributed by atoms with van der Waals surface area (Å²) in [5.74, 6) is 1.63. The topological polar surface area (TPSA) is 63.1 Å². The molecule has 1 N–H and O–H groups in total. The third-order valence-corrected chi connectivity index (χ3v) is 18.3. The van der Waals surface area contributed by atoms with E-state index < -0.39 is 16.1 Å². The number of carbonyl (C=O) groups excluding carboxylic acids is 1. The number of aliphatic hydroxyl groups excluding tert-OH is 1. The molecule has 8 heteroatoms. The third kappa shape index (κ3) is 9.26. The Labute approximate surface area is 350 Å². The molecule has 1 aliphatic rings. The van der Waals surface area contributed by atoms with Crippen LogP contribution in [0.4, 0.5) is 0 Å². The van der Waals surface area contributed by atoms with Crippen molar-refractivity contribution >= 4 is 75.9 Å². The molecule has 1 aliphatic heterocycles. The Morgan fingerprint density at radius 1 is 0.855 bits per heavy atom. The Balaban J connectivity index is 0.000000290. The van der Waals surface area contributed by atoms with Crippen molar-refractivity contribution < 1.29 is 30.0 Å². The zero-order chi connectivity index (χ0) is 39.9. The first-order chi connectivity index (χ1) is 25.2. The van der Waals surface area contributed by atoms with Crippen molar-refractivity contribution in [3.8, 4) is 11.3 Å². The molecule has 0 fully saturated rings. The van der Waals surface area contributed by atoms with E-state index in [0.717, 1.165) is 16.8 Å². The fourth-order valence-electron chi connectivity index (χ4n) is 8.69. The summed E-state index contributed by atoms with van der Waals surface area (Å²) < 4.78 is 1.18. The number of hydrogen-bond donors (Lipinski definition) is 1. The molecule has 0 atom stereocenters. The summed E-state index contributed by atoms with van der Waals surface area (Å²) in [7, 11) is -3.35. The van der Waals surface area contributed by atoms with Crippen LogP contribution in [-0.4, -0.2) is 37.0 Å². The van der Waals surface area contributed by atoms with E-state index in [-0.39, 0.29) is 43.5 Å². The minimum absolute atomic E-state index is 0. The van der Waals surface area contributed by atoms with Gasteiger partial charge in [0, 0.05) is 53.3 Å². The molecule has 0 amide bonds. The Morgan fingerprint density at radius 3 is 2.02 bits per heavy atom. The largest absolute Gasteiger partial charge is 0.512 e. The number of allylic oxidation sites excluding steroid dienone is 2. The van der Waals surface area contributed by atoms with E-state index in [9.17, 15) is 9.90 Å². The Hall–Kier alpha value is -3.01. The van der Waals surface area contributed by atoms with Gasteiger partial charge in [0.15, 0.2) is 5.78 Å². The first-order valence-electron chi connectivity index (χ1n) is 19.7. The number of ketones is 1. The van der Waals surface area contributed by atoms with Crippen LogP contribution in [0.1, 0.15) is 71.4 Å². The molecule has 1 radical (unpaired) electrons. The quantitative estimate of drug-likeness (QED) is 0.0656. The van der Waals surface area contributed by atoms with Crippen LogP contribution >= 0.6 is 11.3 Å². The van der Waals surface area contributed by atoms with Gasteiger partial charge in [-0.1, -0.05) is 148 Å². The third-order valence-electron chi connectivity index (χ3n) is 11.2. The number of hydrogen-bond acceptors (Lipinski definition) is 5. The number of benzene rings is 3. The molecule has 0 bridgehead atoms. The standard InChI is InChI=1S/C30H29N2SSi2.C17H32O2.Ir/c1-19-27-30(33-29(19)26-16-21-12-8-10-14-24(21)35(26,5)6)28(32-18-31-27)22-15-20-11-7-9-13-23(20)25(17-22)34(2,3)4;1-10(2)16(11(3)4)14(18)9-15(19)17(12(5)6)13(7)8;/h7-14,16-18H,1-6H3;9-13,16-18H,1-8H3;/q-1;;/b;14-9-;. The van der Waals surface area contributed by atoms with Crippen LogP contribution in [0, 0.1) is 48.5 Å². The van der Waals surface area contributed by atoms with Crippen molar-refractivity contribution in [2.45, 2.75) is 95.0 Å². The minimum Gasteiger partial charge on any atom is -0.512 e. The molecule has 5 aromatic rings. The van der Waals surface area contributed by atoms with Crippen molar-refractivity contribution in [3.63, 3.8) is 0 Å². The molecule has 0 saturated heterocycles. The summed E-state index contributed by atoms with van der Waals surface area (Å²) in [5, 5.41) is 17.3. The van der Waals surface area contributed by atoms with Gasteiger partial charge in [0.2, 0.25) is 0 Å². The Kier molecular flexibility index (Phi) is 14.3. The summed E-state index contributed by atoms with van der Waals surface area (Å²) in [6, 6.07) is 23.6. The number of aromatic nitrogens is 2. The molecule has 3 heterocycles. The predicted octanol–water partition coefficient (Wildman–Crippen LogP) is 12.0. The summed E-state index contributed by atoms with van der Waals surface area (Å²) in [4.78, 5) is 23.3.